The van der Waals surface area contributed by atoms with Gasteiger partial charge in [-0.2, -0.15) is 4.98 Å². The van der Waals surface area contributed by atoms with Crippen molar-refractivity contribution in [3.8, 4) is 11.5 Å². The molecule has 2 aromatic rings. The van der Waals surface area contributed by atoms with Crippen LogP contribution in [0.25, 0.3) is 11.5 Å². The highest BCUT2D eigenvalue weighted by Gasteiger charge is 2.26. The zero-order valence-electron chi connectivity index (χ0n) is 14.7. The number of benzene rings is 1. The van der Waals surface area contributed by atoms with Crippen molar-refractivity contribution >= 4 is 24.0 Å². The Hall–Kier alpha value is -1.96. The normalized spacial score (nSPS) is 17.8. The maximum absolute atomic E-state index is 12.0. The molecule has 7 nitrogen and oxygen atoms in total. The van der Waals surface area contributed by atoms with Crippen LogP contribution >= 0.6 is 12.4 Å². The van der Waals surface area contributed by atoms with Gasteiger partial charge in [-0.3, -0.25) is 9.69 Å². The summed E-state index contributed by atoms with van der Waals surface area (Å²) in [5.74, 6) is 1.15. The van der Waals surface area contributed by atoms with Gasteiger partial charge in [0.05, 0.1) is 17.3 Å². The summed E-state index contributed by atoms with van der Waals surface area (Å²) in [6.45, 7) is 4.55. The number of carbonyl (C=O) groups is 1. The maximum Gasteiger partial charge on any atom is 0.260 e. The molecule has 1 aliphatic rings. The molecule has 0 radical (unpaired) electrons. The topological polar surface area (TPSA) is 74.5 Å². The van der Waals surface area contributed by atoms with Gasteiger partial charge in [0, 0.05) is 33.1 Å². The van der Waals surface area contributed by atoms with Crippen LogP contribution in [-0.2, 0) is 4.79 Å². The summed E-state index contributed by atoms with van der Waals surface area (Å²) in [5.41, 5.74) is 1.54. The molecule has 0 bridgehead atoms. The van der Waals surface area contributed by atoms with Gasteiger partial charge in [0.1, 0.15) is 0 Å². The number of likely N-dealkylation sites (N-methyl/N-ethyl adjacent to an activating group) is 1. The van der Waals surface area contributed by atoms with Crippen molar-refractivity contribution in [2.45, 2.75) is 19.4 Å². The quantitative estimate of drug-likeness (QED) is 0.894. The monoisotopic (exact) mass is 365 g/mol. The van der Waals surface area contributed by atoms with Crippen LogP contribution < -0.4 is 10.2 Å². The van der Waals surface area contributed by atoms with Gasteiger partial charge in [0.2, 0.25) is 5.91 Å². The highest BCUT2D eigenvalue weighted by Crippen LogP contribution is 2.30. The van der Waals surface area contributed by atoms with Gasteiger partial charge >= 0.3 is 0 Å². The zero-order chi connectivity index (χ0) is 17.1. The van der Waals surface area contributed by atoms with Crippen LogP contribution in [0.5, 0.6) is 0 Å². The molecule has 1 saturated heterocycles. The van der Waals surface area contributed by atoms with Crippen molar-refractivity contribution in [1.29, 1.82) is 0 Å². The minimum atomic E-state index is 0. The number of halogens is 1. The summed E-state index contributed by atoms with van der Waals surface area (Å²) in [4.78, 5) is 20.5. The predicted molar refractivity (Wildman–Crippen MR) is 98.9 cm³/mol. The van der Waals surface area contributed by atoms with E-state index < -0.39 is 0 Å². The number of carbonyl (C=O) groups excluding carboxylic acids is 1. The highest BCUT2D eigenvalue weighted by atomic mass is 35.5. The molecule has 2 heterocycles. The lowest BCUT2D eigenvalue weighted by molar-refractivity contribution is -0.118. The number of amides is 1. The van der Waals surface area contributed by atoms with Gasteiger partial charge in [0.15, 0.2) is 5.82 Å². The van der Waals surface area contributed by atoms with E-state index in [-0.39, 0.29) is 24.4 Å². The molecule has 1 fully saturated rings. The second-order valence-corrected chi connectivity index (χ2v) is 5.98. The van der Waals surface area contributed by atoms with Gasteiger partial charge in [0.25, 0.3) is 5.89 Å². The third kappa shape index (κ3) is 4.00. The average Bonchev–Trinajstić information content (AvgIpc) is 3.10. The van der Waals surface area contributed by atoms with Gasteiger partial charge in [-0.25, -0.2) is 0 Å². The summed E-state index contributed by atoms with van der Waals surface area (Å²) in [7, 11) is 3.82. The number of anilines is 1. The molecule has 0 aliphatic carbocycles. The summed E-state index contributed by atoms with van der Waals surface area (Å²) in [5, 5.41) is 7.51. The number of rotatable bonds is 4. The molecular formula is C17H24ClN5O2. The van der Waals surface area contributed by atoms with Crippen LogP contribution in [0.15, 0.2) is 28.8 Å². The van der Waals surface area contributed by atoms with Gasteiger partial charge < -0.3 is 14.7 Å². The van der Waals surface area contributed by atoms with E-state index in [1.54, 1.807) is 11.9 Å². The van der Waals surface area contributed by atoms with Crippen LogP contribution in [0.3, 0.4) is 0 Å². The molecule has 0 saturated carbocycles. The lowest BCUT2D eigenvalue weighted by atomic mass is 10.1. The summed E-state index contributed by atoms with van der Waals surface area (Å²) < 4.78 is 5.50. The van der Waals surface area contributed by atoms with E-state index in [1.807, 2.05) is 31.2 Å². The molecule has 25 heavy (non-hydrogen) atoms. The number of nitrogens with one attached hydrogen (secondary N) is 1. The Labute approximate surface area is 153 Å². The highest BCUT2D eigenvalue weighted by molar-refractivity contribution is 5.96. The first kappa shape index (κ1) is 19.4. The largest absolute Gasteiger partial charge is 0.334 e. The molecule has 3 rings (SSSR count). The minimum Gasteiger partial charge on any atom is -0.334 e. The summed E-state index contributed by atoms with van der Waals surface area (Å²) in [6.07, 6.45) is 0.443. The Kier molecular flexibility index (Phi) is 6.52. The van der Waals surface area contributed by atoms with E-state index in [2.05, 4.69) is 27.4 Å². The van der Waals surface area contributed by atoms with Crippen LogP contribution in [0.4, 0.5) is 5.69 Å². The molecule has 1 atom stereocenters. The molecule has 1 aromatic heterocycles. The molecule has 0 spiro atoms. The van der Waals surface area contributed by atoms with Crippen LogP contribution in [0.2, 0.25) is 0 Å². The Bertz CT molecular complexity index is 721. The molecule has 136 valence electrons. The maximum atomic E-state index is 12.0. The zero-order valence-corrected chi connectivity index (χ0v) is 15.5. The predicted octanol–water partition coefficient (Wildman–Crippen LogP) is 2.11. The first-order chi connectivity index (χ1) is 11.6. The molecule has 1 aromatic carbocycles. The van der Waals surface area contributed by atoms with E-state index in [0.29, 0.717) is 18.1 Å². The lowest BCUT2D eigenvalue weighted by Gasteiger charge is -2.30. The molecule has 8 heteroatoms. The lowest BCUT2D eigenvalue weighted by Crippen LogP contribution is -2.44. The van der Waals surface area contributed by atoms with E-state index in [0.717, 1.165) is 30.9 Å². The number of piperazine rings is 1. The fraction of sp³-hybridized carbons (Fsp3) is 0.471. The fourth-order valence-corrected chi connectivity index (χ4v) is 2.89. The fourth-order valence-electron chi connectivity index (χ4n) is 2.89. The number of nitrogens with zero attached hydrogens (tertiary/aromatic N) is 4. The Morgan fingerprint density at radius 2 is 2.20 bits per heavy atom. The van der Waals surface area contributed by atoms with Crippen molar-refractivity contribution in [3.05, 3.63) is 30.1 Å². The Morgan fingerprint density at radius 3 is 2.92 bits per heavy atom. The number of aromatic nitrogens is 2. The minimum absolute atomic E-state index is 0. The Morgan fingerprint density at radius 1 is 1.44 bits per heavy atom. The third-order valence-corrected chi connectivity index (χ3v) is 4.42. The van der Waals surface area contributed by atoms with Gasteiger partial charge in [-0.15, -0.1) is 12.4 Å². The molecule has 1 amide bonds. The van der Waals surface area contributed by atoms with Crippen molar-refractivity contribution in [2.75, 3.05) is 38.6 Å². The number of para-hydroxylation sites is 1. The van der Waals surface area contributed by atoms with Gasteiger partial charge in [-0.1, -0.05) is 24.2 Å². The SMILES string of the molecule is CCC(=O)N(C)c1ccccc1-c1nc(C2CNCCN2C)no1.Cl. The standard InChI is InChI=1S/C17H23N5O2.ClH/c1-4-15(23)22(3)13-8-6-5-7-12(13)17-19-16(20-24-17)14-11-18-9-10-21(14)2;/h5-8,14,18H,4,9-11H2,1-3H3;1H. The van der Waals surface area contributed by atoms with E-state index in [9.17, 15) is 4.79 Å². The summed E-state index contributed by atoms with van der Waals surface area (Å²) >= 11 is 0. The van der Waals surface area contributed by atoms with Crippen LogP contribution in [0.1, 0.15) is 25.2 Å². The van der Waals surface area contributed by atoms with E-state index >= 15 is 0 Å². The molecule has 1 unspecified atom stereocenters. The number of hydrogen-bond donors (Lipinski definition) is 1. The van der Waals surface area contributed by atoms with Crippen molar-refractivity contribution < 1.29 is 9.32 Å². The molecule has 1 N–H and O–H groups in total. The average molecular weight is 366 g/mol. The van der Waals surface area contributed by atoms with Crippen LogP contribution in [-0.4, -0.2) is 54.7 Å². The van der Waals surface area contributed by atoms with Crippen molar-refractivity contribution in [1.82, 2.24) is 20.4 Å². The molecule has 1 aliphatic heterocycles. The van der Waals surface area contributed by atoms with E-state index in [1.165, 1.54) is 0 Å². The first-order valence-electron chi connectivity index (χ1n) is 8.22. The van der Waals surface area contributed by atoms with Crippen LogP contribution in [0, 0.1) is 0 Å². The van der Waals surface area contributed by atoms with Crippen molar-refractivity contribution in [2.24, 2.45) is 0 Å². The Balaban J connectivity index is 0.00000225. The second-order valence-electron chi connectivity index (χ2n) is 5.98. The summed E-state index contributed by atoms with van der Waals surface area (Å²) in [6, 6.07) is 7.68. The smallest absolute Gasteiger partial charge is 0.260 e. The second kappa shape index (κ2) is 8.42. The molecular weight excluding hydrogens is 342 g/mol. The number of hydrogen-bond acceptors (Lipinski definition) is 6. The van der Waals surface area contributed by atoms with Gasteiger partial charge in [-0.05, 0) is 19.2 Å². The van der Waals surface area contributed by atoms with E-state index in [4.69, 9.17) is 4.52 Å². The van der Waals surface area contributed by atoms with Crippen molar-refractivity contribution in [3.63, 3.8) is 0 Å². The first-order valence-corrected chi connectivity index (χ1v) is 8.22. The third-order valence-electron chi connectivity index (χ3n) is 4.42.